The van der Waals surface area contributed by atoms with Gasteiger partial charge in [0.1, 0.15) is 0 Å². The molecular weight excluding hydrogens is 232 g/mol. The van der Waals surface area contributed by atoms with E-state index < -0.39 is 0 Å². The molecule has 8 heavy (non-hydrogen) atoms. The predicted octanol–water partition coefficient (Wildman–Crippen LogP) is 3.35. The van der Waals surface area contributed by atoms with Crippen molar-refractivity contribution in [1.82, 2.24) is 0 Å². The van der Waals surface area contributed by atoms with Gasteiger partial charge in [0.15, 0.2) is 0 Å². The molecule has 0 nitrogen and oxygen atoms in total. The second-order valence-corrected chi connectivity index (χ2v) is 3.54. The molecule has 0 aromatic heterocycles. The summed E-state index contributed by atoms with van der Waals surface area (Å²) in [6.45, 7) is 4.41. The molecule has 0 saturated heterocycles. The van der Waals surface area contributed by atoms with Gasteiger partial charge >= 0.3 is 0 Å². The number of hydrogen-bond donors (Lipinski definition) is 0. The molecule has 0 aromatic rings. The van der Waals surface area contributed by atoms with Crippen molar-refractivity contribution in [3.63, 3.8) is 0 Å². The lowest BCUT2D eigenvalue weighted by Crippen LogP contribution is -2.06. The van der Waals surface area contributed by atoms with Crippen LogP contribution in [-0.2, 0) is 0 Å². The van der Waals surface area contributed by atoms with Gasteiger partial charge in [-0.15, -0.1) is 0 Å². The highest BCUT2D eigenvalue weighted by Crippen LogP contribution is 2.20. The van der Waals surface area contributed by atoms with Crippen molar-refractivity contribution in [2.75, 3.05) is 0 Å². The van der Waals surface area contributed by atoms with E-state index in [9.17, 15) is 0 Å². The van der Waals surface area contributed by atoms with Gasteiger partial charge in [-0.1, -0.05) is 52.1 Å². The minimum absolute atomic E-state index is 0.521. The first kappa shape index (κ1) is 8.96. The molecule has 0 aliphatic rings. The first-order chi connectivity index (χ1) is 3.72. The summed E-state index contributed by atoms with van der Waals surface area (Å²) in [6, 6.07) is 0. The van der Waals surface area contributed by atoms with Crippen LogP contribution in [0.25, 0.3) is 0 Å². The zero-order valence-corrected chi connectivity index (χ0v) is 8.37. The maximum Gasteiger partial charge on any atom is 0.0409 e. The van der Waals surface area contributed by atoms with Gasteiger partial charge in [-0.2, -0.15) is 0 Å². The molecule has 0 saturated carbocycles. The molecule has 2 atom stereocenters. The summed E-state index contributed by atoms with van der Waals surface area (Å²) in [6.07, 6.45) is 1.22. The fraction of sp³-hybridized carbons (Fsp3) is 0.833. The van der Waals surface area contributed by atoms with Crippen molar-refractivity contribution < 1.29 is 0 Å². The Morgan fingerprint density at radius 2 is 2.12 bits per heavy atom. The zero-order chi connectivity index (χ0) is 6.57. The number of alkyl halides is 1. The number of halogens is 2. The van der Waals surface area contributed by atoms with Gasteiger partial charge in [0.05, 0.1) is 0 Å². The lowest BCUT2D eigenvalue weighted by Gasteiger charge is -2.11. The van der Waals surface area contributed by atoms with Gasteiger partial charge in [-0.25, -0.2) is 0 Å². The molecule has 0 bridgehead atoms. The Morgan fingerprint density at radius 1 is 1.62 bits per heavy atom. The van der Waals surface area contributed by atoms with Gasteiger partial charge in [0.2, 0.25) is 0 Å². The molecule has 0 rings (SSSR count). The molecule has 0 fully saturated rings. The number of rotatable bonds is 3. The summed E-state index contributed by atoms with van der Waals surface area (Å²) in [5, 5.41) is 2.00. The van der Waals surface area contributed by atoms with E-state index in [0.717, 1.165) is 5.92 Å². The van der Waals surface area contributed by atoms with Crippen LogP contribution in [0.2, 0.25) is 0 Å². The third kappa shape index (κ3) is 3.08. The van der Waals surface area contributed by atoms with Crippen LogP contribution in [0.3, 0.4) is 0 Å². The average Bonchev–Trinajstić information content (AvgIpc) is 1.84. The molecule has 0 aliphatic carbocycles. The van der Waals surface area contributed by atoms with Crippen LogP contribution >= 0.6 is 31.9 Å². The predicted molar refractivity (Wildman–Crippen MR) is 45.4 cm³/mol. The Morgan fingerprint density at radius 3 is 2.25 bits per heavy atom. The Kier molecular flexibility index (Phi) is 5.38. The van der Waals surface area contributed by atoms with Crippen molar-refractivity contribution >= 4 is 31.9 Å². The summed E-state index contributed by atoms with van der Waals surface area (Å²) >= 11 is 6.78. The summed E-state index contributed by atoms with van der Waals surface area (Å²) in [5.41, 5.74) is 0. The van der Waals surface area contributed by atoms with Gasteiger partial charge in [-0.3, -0.25) is 0 Å². The van der Waals surface area contributed by atoms with Gasteiger partial charge in [0, 0.05) is 10.2 Å². The zero-order valence-electron chi connectivity index (χ0n) is 5.20. The van der Waals surface area contributed by atoms with E-state index >= 15 is 0 Å². The lowest BCUT2D eigenvalue weighted by molar-refractivity contribution is 0.585. The van der Waals surface area contributed by atoms with E-state index in [1.54, 1.807) is 0 Å². The minimum atomic E-state index is 0.521. The third-order valence-electron chi connectivity index (χ3n) is 1.31. The second-order valence-electron chi connectivity index (χ2n) is 1.96. The van der Waals surface area contributed by atoms with E-state index in [1.807, 2.05) is 5.33 Å². The molecule has 2 heteroatoms. The van der Waals surface area contributed by atoms with Crippen molar-refractivity contribution in [3.8, 4) is 0 Å². The Labute approximate surface area is 68.3 Å². The van der Waals surface area contributed by atoms with E-state index in [0.29, 0.717) is 4.83 Å². The standard InChI is InChI=1S/C6H11Br2/c1-3-5(2)6(8)4-7/h4-6H,3H2,1-2H3. The maximum atomic E-state index is 3.50. The monoisotopic (exact) mass is 241 g/mol. The molecule has 0 N–H and O–H groups in total. The molecule has 0 aromatic carbocycles. The molecule has 2 unspecified atom stereocenters. The van der Waals surface area contributed by atoms with E-state index in [1.165, 1.54) is 6.42 Å². The van der Waals surface area contributed by atoms with Crippen LogP contribution in [-0.4, -0.2) is 4.83 Å². The Balaban J connectivity index is 3.29. The topological polar surface area (TPSA) is 0 Å². The summed E-state index contributed by atoms with van der Waals surface area (Å²) in [4.78, 5) is 0.521. The highest BCUT2D eigenvalue weighted by molar-refractivity contribution is 9.13. The molecule has 0 amide bonds. The number of hydrogen-bond acceptors (Lipinski definition) is 0. The van der Waals surface area contributed by atoms with Crippen LogP contribution in [0.1, 0.15) is 20.3 Å². The van der Waals surface area contributed by atoms with Crippen LogP contribution in [0.4, 0.5) is 0 Å². The third-order valence-corrected chi connectivity index (χ3v) is 3.75. The fourth-order valence-electron chi connectivity index (χ4n) is 0.349. The maximum absolute atomic E-state index is 3.50. The van der Waals surface area contributed by atoms with E-state index in [-0.39, 0.29) is 0 Å². The van der Waals surface area contributed by atoms with Crippen LogP contribution in [0, 0.1) is 11.2 Å². The van der Waals surface area contributed by atoms with Gasteiger partial charge < -0.3 is 0 Å². The van der Waals surface area contributed by atoms with Crippen molar-refractivity contribution in [2.24, 2.45) is 5.92 Å². The quantitative estimate of drug-likeness (QED) is 0.666. The summed E-state index contributed by atoms with van der Waals surface area (Å²) in [7, 11) is 0. The smallest absolute Gasteiger partial charge is 0.0409 e. The van der Waals surface area contributed by atoms with Gasteiger partial charge in [0.25, 0.3) is 0 Å². The molecular formula is C6H11Br2. The van der Waals surface area contributed by atoms with E-state index in [2.05, 4.69) is 45.7 Å². The highest BCUT2D eigenvalue weighted by atomic mass is 79.9. The largest absolute Gasteiger partial charge is 0.0875 e. The van der Waals surface area contributed by atoms with Gasteiger partial charge in [-0.05, 0) is 5.92 Å². The molecule has 0 heterocycles. The first-order valence-electron chi connectivity index (χ1n) is 2.80. The van der Waals surface area contributed by atoms with Crippen molar-refractivity contribution in [2.45, 2.75) is 25.1 Å². The van der Waals surface area contributed by atoms with Crippen LogP contribution < -0.4 is 0 Å². The van der Waals surface area contributed by atoms with E-state index in [4.69, 9.17) is 0 Å². The fourth-order valence-corrected chi connectivity index (χ4v) is 1.24. The molecule has 0 aliphatic heterocycles. The minimum Gasteiger partial charge on any atom is -0.0875 e. The van der Waals surface area contributed by atoms with Crippen LogP contribution in [0.15, 0.2) is 0 Å². The molecule has 49 valence electrons. The Bertz CT molecular complexity index is 46.5. The highest BCUT2D eigenvalue weighted by Gasteiger charge is 2.08. The van der Waals surface area contributed by atoms with Crippen molar-refractivity contribution in [3.05, 3.63) is 5.33 Å². The normalized spacial score (nSPS) is 18.0. The molecule has 0 spiro atoms. The summed E-state index contributed by atoms with van der Waals surface area (Å²) in [5.74, 6) is 0.731. The first-order valence-corrected chi connectivity index (χ1v) is 4.63. The summed E-state index contributed by atoms with van der Waals surface area (Å²) < 4.78 is 0. The SMILES string of the molecule is CCC(C)C(Br)[CH]Br. The average molecular weight is 243 g/mol. The lowest BCUT2D eigenvalue weighted by atomic mass is 10.1. The van der Waals surface area contributed by atoms with Crippen LogP contribution in [0.5, 0.6) is 0 Å². The van der Waals surface area contributed by atoms with Crippen molar-refractivity contribution in [1.29, 1.82) is 0 Å². The molecule has 1 radical (unpaired) electrons. The Hall–Kier alpha value is 0.960. The second kappa shape index (κ2) is 4.80.